The second-order valence-corrected chi connectivity index (χ2v) is 3.27. The van der Waals surface area contributed by atoms with Crippen LogP contribution in [0.4, 0.5) is 13.2 Å². The molecule has 1 rings (SSSR count). The Bertz CT molecular complexity index is 281. The maximum atomic E-state index is 12.3. The molecule has 0 radical (unpaired) electrons. The van der Waals surface area contributed by atoms with Crippen molar-refractivity contribution in [2.75, 3.05) is 0 Å². The topological polar surface area (TPSA) is 26.0 Å². The molecule has 0 heterocycles. The summed E-state index contributed by atoms with van der Waals surface area (Å²) in [5.41, 5.74) is 6.02. The molecule has 0 amide bonds. The van der Waals surface area contributed by atoms with Crippen LogP contribution in [0.2, 0.25) is 0 Å². The zero-order valence-electron chi connectivity index (χ0n) is 7.75. The van der Waals surface area contributed by atoms with Gasteiger partial charge in [-0.15, -0.1) is 0 Å². The number of rotatable bonds is 2. The molecule has 0 saturated heterocycles. The summed E-state index contributed by atoms with van der Waals surface area (Å²) in [5.74, 6) is -1.52. The largest absolute Gasteiger partial charge is 0.393 e. The van der Waals surface area contributed by atoms with Crippen LogP contribution in [0.15, 0.2) is 30.3 Å². The van der Waals surface area contributed by atoms with E-state index >= 15 is 0 Å². The molecule has 0 aliphatic heterocycles. The van der Waals surface area contributed by atoms with Crippen molar-refractivity contribution < 1.29 is 13.2 Å². The third-order valence-corrected chi connectivity index (χ3v) is 2.24. The smallest absolute Gasteiger partial charge is 0.323 e. The summed E-state index contributed by atoms with van der Waals surface area (Å²) >= 11 is 0. The first-order valence-electron chi connectivity index (χ1n) is 4.30. The highest BCUT2D eigenvalue weighted by atomic mass is 19.4. The number of benzene rings is 1. The van der Waals surface area contributed by atoms with E-state index in [1.807, 2.05) is 0 Å². The third kappa shape index (κ3) is 2.48. The highest BCUT2D eigenvalue weighted by Gasteiger charge is 2.40. The first kappa shape index (κ1) is 11.0. The van der Waals surface area contributed by atoms with Gasteiger partial charge < -0.3 is 5.73 Å². The summed E-state index contributed by atoms with van der Waals surface area (Å²) in [7, 11) is 0. The van der Waals surface area contributed by atoms with Crippen LogP contribution < -0.4 is 5.73 Å². The molecule has 0 aliphatic carbocycles. The zero-order chi connectivity index (χ0) is 10.8. The van der Waals surface area contributed by atoms with Crippen LogP contribution in [0.1, 0.15) is 18.5 Å². The quantitative estimate of drug-likeness (QED) is 0.785. The second kappa shape index (κ2) is 4.00. The highest BCUT2D eigenvalue weighted by Crippen LogP contribution is 2.33. The lowest BCUT2D eigenvalue weighted by Crippen LogP contribution is -2.31. The van der Waals surface area contributed by atoms with Crippen molar-refractivity contribution in [1.29, 1.82) is 0 Å². The Balaban J connectivity index is 2.81. The standard InChI is InChI=1S/C10H12F3N/c1-7(10(11,12)13)9(14)8-5-3-2-4-6-8/h2-7,9H,14H2,1H3. The van der Waals surface area contributed by atoms with Crippen LogP contribution in [-0.2, 0) is 0 Å². The van der Waals surface area contributed by atoms with Gasteiger partial charge in [0.05, 0.1) is 5.92 Å². The highest BCUT2D eigenvalue weighted by molar-refractivity contribution is 5.19. The van der Waals surface area contributed by atoms with Gasteiger partial charge in [-0.25, -0.2) is 0 Å². The number of hydrogen-bond acceptors (Lipinski definition) is 1. The van der Waals surface area contributed by atoms with Gasteiger partial charge in [0.1, 0.15) is 0 Å². The summed E-state index contributed by atoms with van der Waals surface area (Å²) in [6.45, 7) is 1.09. The molecule has 78 valence electrons. The first-order chi connectivity index (χ1) is 6.43. The Labute approximate surface area is 80.7 Å². The molecule has 0 spiro atoms. The van der Waals surface area contributed by atoms with Crippen LogP contribution in [-0.4, -0.2) is 6.18 Å². The van der Waals surface area contributed by atoms with Gasteiger partial charge in [-0.1, -0.05) is 37.3 Å². The number of halogens is 3. The van der Waals surface area contributed by atoms with Crippen LogP contribution in [0, 0.1) is 5.92 Å². The van der Waals surface area contributed by atoms with Gasteiger partial charge in [-0.3, -0.25) is 0 Å². The lowest BCUT2D eigenvalue weighted by molar-refractivity contribution is -0.175. The molecule has 2 N–H and O–H groups in total. The molecule has 2 unspecified atom stereocenters. The van der Waals surface area contributed by atoms with Crippen LogP contribution in [0.25, 0.3) is 0 Å². The molecule has 0 aromatic heterocycles. The summed E-state index contributed by atoms with van der Waals surface area (Å²) in [6, 6.07) is 7.32. The summed E-state index contributed by atoms with van der Waals surface area (Å²) < 4.78 is 36.9. The molecule has 0 fully saturated rings. The Morgan fingerprint density at radius 3 is 2.07 bits per heavy atom. The van der Waals surface area contributed by atoms with Crippen molar-refractivity contribution in [2.24, 2.45) is 11.7 Å². The minimum Gasteiger partial charge on any atom is -0.323 e. The molecule has 0 aliphatic rings. The monoisotopic (exact) mass is 203 g/mol. The summed E-state index contributed by atoms with van der Waals surface area (Å²) in [6.07, 6.45) is -4.24. The third-order valence-electron chi connectivity index (χ3n) is 2.24. The zero-order valence-corrected chi connectivity index (χ0v) is 7.75. The summed E-state index contributed by atoms with van der Waals surface area (Å²) in [5, 5.41) is 0. The lowest BCUT2D eigenvalue weighted by Gasteiger charge is -2.22. The minimum absolute atomic E-state index is 0.511. The molecule has 1 aromatic carbocycles. The fourth-order valence-electron chi connectivity index (χ4n) is 1.17. The predicted octanol–water partition coefficient (Wildman–Crippen LogP) is 2.88. The fourth-order valence-corrected chi connectivity index (χ4v) is 1.17. The van der Waals surface area contributed by atoms with E-state index in [0.717, 1.165) is 6.92 Å². The molecule has 1 nitrogen and oxygen atoms in total. The lowest BCUT2D eigenvalue weighted by atomic mass is 9.95. The van der Waals surface area contributed by atoms with Gasteiger partial charge in [0.15, 0.2) is 0 Å². The maximum absolute atomic E-state index is 12.3. The number of alkyl halides is 3. The van der Waals surface area contributed by atoms with Gasteiger partial charge in [0.2, 0.25) is 0 Å². The van der Waals surface area contributed by atoms with E-state index in [0.29, 0.717) is 5.56 Å². The van der Waals surface area contributed by atoms with Crippen molar-refractivity contribution in [3.05, 3.63) is 35.9 Å². The Morgan fingerprint density at radius 1 is 1.14 bits per heavy atom. The van der Waals surface area contributed by atoms with Gasteiger partial charge in [0, 0.05) is 6.04 Å². The van der Waals surface area contributed by atoms with E-state index in [1.54, 1.807) is 30.3 Å². The van der Waals surface area contributed by atoms with Crippen molar-refractivity contribution >= 4 is 0 Å². The Kier molecular flexibility index (Phi) is 3.16. The van der Waals surface area contributed by atoms with E-state index < -0.39 is 18.1 Å². The summed E-state index contributed by atoms with van der Waals surface area (Å²) in [4.78, 5) is 0. The van der Waals surface area contributed by atoms with Gasteiger partial charge in [-0.2, -0.15) is 13.2 Å². The first-order valence-corrected chi connectivity index (χ1v) is 4.30. The van der Waals surface area contributed by atoms with Crippen molar-refractivity contribution in [2.45, 2.75) is 19.1 Å². The van der Waals surface area contributed by atoms with Gasteiger partial charge in [-0.05, 0) is 5.56 Å². The van der Waals surface area contributed by atoms with Crippen LogP contribution in [0.5, 0.6) is 0 Å². The Morgan fingerprint density at radius 2 is 1.64 bits per heavy atom. The van der Waals surface area contributed by atoms with Crippen molar-refractivity contribution in [3.63, 3.8) is 0 Å². The van der Waals surface area contributed by atoms with Gasteiger partial charge in [0.25, 0.3) is 0 Å². The Hall–Kier alpha value is -1.03. The van der Waals surface area contributed by atoms with E-state index in [9.17, 15) is 13.2 Å². The van der Waals surface area contributed by atoms with Crippen molar-refractivity contribution in [3.8, 4) is 0 Å². The molecular formula is C10H12F3N. The number of hydrogen-bond donors (Lipinski definition) is 1. The average molecular weight is 203 g/mol. The fraction of sp³-hybridized carbons (Fsp3) is 0.400. The average Bonchev–Trinajstić information content (AvgIpc) is 2.15. The van der Waals surface area contributed by atoms with Crippen LogP contribution in [0.3, 0.4) is 0 Å². The van der Waals surface area contributed by atoms with Gasteiger partial charge >= 0.3 is 6.18 Å². The molecule has 1 aromatic rings. The molecule has 14 heavy (non-hydrogen) atoms. The van der Waals surface area contributed by atoms with E-state index in [-0.39, 0.29) is 0 Å². The maximum Gasteiger partial charge on any atom is 0.393 e. The number of nitrogens with two attached hydrogens (primary N) is 1. The molecular weight excluding hydrogens is 191 g/mol. The molecule has 0 bridgehead atoms. The molecule has 0 saturated carbocycles. The van der Waals surface area contributed by atoms with Crippen LogP contribution >= 0.6 is 0 Å². The minimum atomic E-state index is -4.24. The van der Waals surface area contributed by atoms with E-state index in [4.69, 9.17) is 5.73 Å². The van der Waals surface area contributed by atoms with Crippen molar-refractivity contribution in [1.82, 2.24) is 0 Å². The normalized spacial score (nSPS) is 16.4. The predicted molar refractivity (Wildman–Crippen MR) is 48.6 cm³/mol. The SMILES string of the molecule is CC(C(N)c1ccccc1)C(F)(F)F. The molecule has 2 atom stereocenters. The second-order valence-electron chi connectivity index (χ2n) is 3.27. The van der Waals surface area contributed by atoms with E-state index in [2.05, 4.69) is 0 Å². The molecule has 4 heteroatoms. The van der Waals surface area contributed by atoms with E-state index in [1.165, 1.54) is 0 Å².